The molecule has 1 aliphatic rings. The largest absolute Gasteiger partial charge is 0.483 e. The lowest BCUT2D eigenvalue weighted by molar-refractivity contribution is -0.123. The summed E-state index contributed by atoms with van der Waals surface area (Å²) in [5.74, 6) is -0.0275. The highest BCUT2D eigenvalue weighted by molar-refractivity contribution is 5.89. The fraction of sp³-hybridized carbons (Fsp3) is 0.500. The van der Waals surface area contributed by atoms with Gasteiger partial charge in [-0.05, 0) is 50.6 Å². The quantitative estimate of drug-likeness (QED) is 0.568. The first-order valence-corrected chi connectivity index (χ1v) is 8.62. The molecule has 1 atom stereocenters. The van der Waals surface area contributed by atoms with Crippen LogP contribution in [0.2, 0.25) is 0 Å². The Bertz CT molecular complexity index is 577. The molecule has 4 N–H and O–H groups in total. The maximum absolute atomic E-state index is 11.9. The number of hydrogen-bond acceptors (Lipinski definition) is 4. The van der Waals surface area contributed by atoms with E-state index in [0.29, 0.717) is 19.0 Å². The Morgan fingerprint density at radius 3 is 2.50 bits per heavy atom. The van der Waals surface area contributed by atoms with Crippen molar-refractivity contribution in [3.05, 3.63) is 29.8 Å². The first-order valence-electron chi connectivity index (χ1n) is 8.62. The minimum absolute atomic E-state index is 0.0275. The molecule has 1 heterocycles. The molecule has 8 nitrogen and oxygen atoms in total. The van der Waals surface area contributed by atoms with Gasteiger partial charge < -0.3 is 26.0 Å². The smallest absolute Gasteiger partial charge is 0.319 e. The van der Waals surface area contributed by atoms with E-state index in [0.717, 1.165) is 24.2 Å². The number of carbonyl (C=O) groups is 3. The minimum Gasteiger partial charge on any atom is -0.483 e. The van der Waals surface area contributed by atoms with Crippen LogP contribution in [-0.4, -0.2) is 61.6 Å². The van der Waals surface area contributed by atoms with Gasteiger partial charge in [-0.15, -0.1) is 0 Å². The number of rotatable bonds is 6. The van der Waals surface area contributed by atoms with Gasteiger partial charge >= 0.3 is 6.03 Å². The number of carbonyl (C=O) groups excluding carboxylic acids is 2. The Morgan fingerprint density at radius 1 is 1.31 bits per heavy atom. The molecule has 1 aliphatic heterocycles. The third-order valence-corrected chi connectivity index (χ3v) is 4.29. The molecule has 2 rings (SSSR count). The Hall–Kier alpha value is -2.61. The highest BCUT2D eigenvalue weighted by Crippen LogP contribution is 2.17. The molecular weight excluding hydrogens is 336 g/mol. The second-order valence-electron chi connectivity index (χ2n) is 6.10. The van der Waals surface area contributed by atoms with Crippen LogP contribution in [0.3, 0.4) is 0 Å². The van der Waals surface area contributed by atoms with Crippen LogP contribution >= 0.6 is 0 Å². The van der Waals surface area contributed by atoms with Crippen molar-refractivity contribution in [2.75, 3.05) is 32.5 Å². The second kappa shape index (κ2) is 11.9. The van der Waals surface area contributed by atoms with Gasteiger partial charge in [0.05, 0.1) is 6.42 Å². The number of carboxylic acid groups (broad SMARTS) is 1. The van der Waals surface area contributed by atoms with Crippen molar-refractivity contribution >= 4 is 24.1 Å². The topological polar surface area (TPSA) is 111 Å². The van der Waals surface area contributed by atoms with Gasteiger partial charge in [0.15, 0.2) is 0 Å². The Kier molecular flexibility index (Phi) is 9.78. The highest BCUT2D eigenvalue weighted by Gasteiger charge is 2.20. The second-order valence-corrected chi connectivity index (χ2v) is 6.10. The normalized spacial score (nSPS) is 16.2. The molecule has 26 heavy (non-hydrogen) atoms. The SMILES string of the molecule is CNC(=O)Cc1ccc(NC(=O)NCCC2CCCN2C)cc1.O=CO. The van der Waals surface area contributed by atoms with Crippen LogP contribution < -0.4 is 16.0 Å². The fourth-order valence-corrected chi connectivity index (χ4v) is 2.85. The van der Waals surface area contributed by atoms with E-state index in [1.807, 2.05) is 24.3 Å². The third kappa shape index (κ3) is 7.98. The Morgan fingerprint density at radius 2 is 1.96 bits per heavy atom. The predicted molar refractivity (Wildman–Crippen MR) is 100 cm³/mol. The summed E-state index contributed by atoms with van der Waals surface area (Å²) in [5.41, 5.74) is 1.64. The molecule has 0 radical (unpaired) electrons. The van der Waals surface area contributed by atoms with Crippen LogP contribution in [0.5, 0.6) is 0 Å². The lowest BCUT2D eigenvalue weighted by Gasteiger charge is -2.19. The maximum atomic E-state index is 11.9. The van der Waals surface area contributed by atoms with Gasteiger partial charge in [0.25, 0.3) is 6.47 Å². The van der Waals surface area contributed by atoms with E-state index >= 15 is 0 Å². The fourth-order valence-electron chi connectivity index (χ4n) is 2.85. The molecule has 0 aromatic heterocycles. The summed E-state index contributed by atoms with van der Waals surface area (Å²) in [7, 11) is 3.75. The summed E-state index contributed by atoms with van der Waals surface area (Å²) < 4.78 is 0. The van der Waals surface area contributed by atoms with Gasteiger partial charge in [-0.3, -0.25) is 9.59 Å². The standard InChI is InChI=1S/C17H26N4O2.CH2O2/c1-18-16(22)12-13-5-7-14(8-6-13)20-17(23)19-10-9-15-4-3-11-21(15)2;2-1-3/h5-8,15H,3-4,9-12H2,1-2H3,(H,18,22)(H2,19,20,23);1H,(H,2,3). The zero-order chi connectivity index (χ0) is 19.4. The number of nitrogens with zero attached hydrogens (tertiary/aromatic N) is 1. The number of amides is 3. The van der Waals surface area contributed by atoms with E-state index in [9.17, 15) is 9.59 Å². The first kappa shape index (κ1) is 21.4. The minimum atomic E-state index is -0.250. The third-order valence-electron chi connectivity index (χ3n) is 4.29. The molecule has 0 spiro atoms. The van der Waals surface area contributed by atoms with Crippen molar-refractivity contribution in [2.24, 2.45) is 0 Å². The molecule has 1 unspecified atom stereocenters. The summed E-state index contributed by atoms with van der Waals surface area (Å²) in [6, 6.07) is 7.70. The van der Waals surface area contributed by atoms with Gasteiger partial charge in [-0.1, -0.05) is 12.1 Å². The number of urea groups is 1. The van der Waals surface area contributed by atoms with E-state index in [1.54, 1.807) is 7.05 Å². The first-order chi connectivity index (χ1) is 12.5. The van der Waals surface area contributed by atoms with Gasteiger partial charge in [0, 0.05) is 25.3 Å². The Balaban J connectivity index is 0.00000105. The highest BCUT2D eigenvalue weighted by atomic mass is 16.3. The van der Waals surface area contributed by atoms with E-state index in [-0.39, 0.29) is 18.4 Å². The van der Waals surface area contributed by atoms with Crippen molar-refractivity contribution in [3.8, 4) is 0 Å². The lowest BCUT2D eigenvalue weighted by Crippen LogP contribution is -2.34. The van der Waals surface area contributed by atoms with Crippen molar-refractivity contribution in [3.63, 3.8) is 0 Å². The zero-order valence-electron chi connectivity index (χ0n) is 15.3. The molecule has 0 saturated carbocycles. The van der Waals surface area contributed by atoms with Gasteiger partial charge in [-0.25, -0.2) is 4.79 Å². The number of likely N-dealkylation sites (tertiary alicyclic amines) is 1. The molecule has 1 fully saturated rings. The summed E-state index contributed by atoms with van der Waals surface area (Å²) in [4.78, 5) is 33.9. The molecule has 1 aromatic carbocycles. The molecular formula is C18H28N4O4. The van der Waals surface area contributed by atoms with Crippen molar-refractivity contribution in [1.82, 2.24) is 15.5 Å². The Labute approximate surface area is 153 Å². The van der Waals surface area contributed by atoms with E-state index in [4.69, 9.17) is 9.90 Å². The van der Waals surface area contributed by atoms with Crippen LogP contribution in [0.4, 0.5) is 10.5 Å². The summed E-state index contributed by atoms with van der Waals surface area (Å²) in [5, 5.41) is 15.2. The summed E-state index contributed by atoms with van der Waals surface area (Å²) in [6.07, 6.45) is 3.79. The van der Waals surface area contributed by atoms with Gasteiger partial charge in [0.2, 0.25) is 5.91 Å². The lowest BCUT2D eigenvalue weighted by atomic mass is 10.1. The number of benzene rings is 1. The van der Waals surface area contributed by atoms with Crippen LogP contribution in [-0.2, 0) is 16.0 Å². The maximum Gasteiger partial charge on any atom is 0.319 e. The van der Waals surface area contributed by atoms with Crippen LogP contribution in [0.25, 0.3) is 0 Å². The van der Waals surface area contributed by atoms with E-state index in [2.05, 4.69) is 27.9 Å². The molecule has 144 valence electrons. The number of likely N-dealkylation sites (N-methyl/N-ethyl adjacent to an activating group) is 1. The molecule has 0 aliphatic carbocycles. The van der Waals surface area contributed by atoms with Crippen LogP contribution in [0.15, 0.2) is 24.3 Å². The van der Waals surface area contributed by atoms with E-state index < -0.39 is 0 Å². The van der Waals surface area contributed by atoms with Crippen molar-refractivity contribution < 1.29 is 19.5 Å². The molecule has 1 saturated heterocycles. The number of anilines is 1. The zero-order valence-corrected chi connectivity index (χ0v) is 15.3. The van der Waals surface area contributed by atoms with Crippen molar-refractivity contribution in [2.45, 2.75) is 31.7 Å². The van der Waals surface area contributed by atoms with Gasteiger partial charge in [0.1, 0.15) is 0 Å². The summed E-state index contributed by atoms with van der Waals surface area (Å²) >= 11 is 0. The van der Waals surface area contributed by atoms with Crippen LogP contribution in [0, 0.1) is 0 Å². The van der Waals surface area contributed by atoms with Crippen LogP contribution in [0.1, 0.15) is 24.8 Å². The average molecular weight is 364 g/mol. The summed E-state index contributed by atoms with van der Waals surface area (Å²) in [6.45, 7) is 1.58. The average Bonchev–Trinajstić information content (AvgIpc) is 3.02. The van der Waals surface area contributed by atoms with E-state index in [1.165, 1.54) is 12.8 Å². The molecule has 0 bridgehead atoms. The van der Waals surface area contributed by atoms with Crippen molar-refractivity contribution in [1.29, 1.82) is 0 Å². The predicted octanol–water partition coefficient (Wildman–Crippen LogP) is 1.28. The molecule has 1 aromatic rings. The number of nitrogens with one attached hydrogen (secondary N) is 3. The monoisotopic (exact) mass is 364 g/mol. The molecule has 8 heteroatoms. The number of hydrogen-bond donors (Lipinski definition) is 4. The van der Waals surface area contributed by atoms with Gasteiger partial charge in [-0.2, -0.15) is 0 Å². The molecule has 3 amide bonds.